The first kappa shape index (κ1) is 15.5. The van der Waals surface area contributed by atoms with E-state index in [0.29, 0.717) is 0 Å². The Hall–Kier alpha value is -2.39. The molecule has 3 rings (SSSR count). The van der Waals surface area contributed by atoms with E-state index in [1.807, 2.05) is 24.5 Å². The lowest BCUT2D eigenvalue weighted by Gasteiger charge is -2.16. The van der Waals surface area contributed by atoms with Crippen molar-refractivity contribution >= 4 is 0 Å². The zero-order valence-electron chi connectivity index (χ0n) is 13.9. The first-order valence-electron chi connectivity index (χ1n) is 7.85. The average molecular weight is 306 g/mol. The van der Waals surface area contributed by atoms with Gasteiger partial charge in [-0.05, 0) is 61.3 Å². The summed E-state index contributed by atoms with van der Waals surface area (Å²) in [6.45, 7) is 5.95. The van der Waals surface area contributed by atoms with Gasteiger partial charge in [0.05, 0.1) is 12.8 Å². The number of aryl methyl sites for hydroxylation is 1. The summed E-state index contributed by atoms with van der Waals surface area (Å²) in [6.07, 6.45) is 5.59. The summed E-state index contributed by atoms with van der Waals surface area (Å²) >= 11 is 0. The van der Waals surface area contributed by atoms with Gasteiger partial charge in [0.25, 0.3) is 0 Å². The van der Waals surface area contributed by atoms with Crippen molar-refractivity contribution in [2.24, 2.45) is 0 Å². The second-order valence-electron chi connectivity index (χ2n) is 6.08. The average Bonchev–Trinajstić information content (AvgIpc) is 3.03. The van der Waals surface area contributed by atoms with Gasteiger partial charge in [-0.2, -0.15) is 0 Å². The lowest BCUT2D eigenvalue weighted by molar-refractivity contribution is 0.287. The molecule has 0 saturated heterocycles. The van der Waals surface area contributed by atoms with E-state index >= 15 is 0 Å². The second kappa shape index (κ2) is 6.80. The molecule has 118 valence electrons. The molecule has 0 bridgehead atoms. The van der Waals surface area contributed by atoms with E-state index in [-0.39, 0.29) is 0 Å². The molecule has 0 N–H and O–H groups in total. The van der Waals surface area contributed by atoms with Gasteiger partial charge in [-0.15, -0.1) is 0 Å². The van der Waals surface area contributed by atoms with E-state index in [4.69, 9.17) is 4.42 Å². The molecule has 0 atom stereocenters. The third kappa shape index (κ3) is 3.69. The van der Waals surface area contributed by atoms with Gasteiger partial charge in [-0.1, -0.05) is 18.2 Å². The first-order valence-corrected chi connectivity index (χ1v) is 7.85. The highest BCUT2D eigenvalue weighted by Gasteiger charge is 2.08. The van der Waals surface area contributed by atoms with Gasteiger partial charge in [0, 0.05) is 24.5 Å². The fourth-order valence-electron chi connectivity index (χ4n) is 2.82. The number of benzene rings is 1. The van der Waals surface area contributed by atoms with Crippen molar-refractivity contribution in [3.05, 3.63) is 77.5 Å². The molecule has 3 heteroatoms. The minimum Gasteiger partial charge on any atom is -0.468 e. The van der Waals surface area contributed by atoms with Crippen LogP contribution in [0.3, 0.4) is 0 Å². The van der Waals surface area contributed by atoms with Gasteiger partial charge in [-0.25, -0.2) is 0 Å². The number of furan rings is 1. The predicted octanol–water partition coefficient (Wildman–Crippen LogP) is 4.59. The van der Waals surface area contributed by atoms with Crippen molar-refractivity contribution in [3.8, 4) is 11.1 Å². The maximum absolute atomic E-state index is 5.41. The molecule has 3 nitrogen and oxygen atoms in total. The van der Waals surface area contributed by atoms with Crippen LogP contribution in [-0.4, -0.2) is 16.9 Å². The highest BCUT2D eigenvalue weighted by molar-refractivity contribution is 5.68. The first-order chi connectivity index (χ1) is 11.1. The summed E-state index contributed by atoms with van der Waals surface area (Å²) in [4.78, 5) is 6.66. The van der Waals surface area contributed by atoms with Crippen molar-refractivity contribution in [2.75, 3.05) is 7.05 Å². The molecule has 2 aromatic heterocycles. The largest absolute Gasteiger partial charge is 0.468 e. The summed E-state index contributed by atoms with van der Waals surface area (Å²) in [5.74, 6) is 0.978. The van der Waals surface area contributed by atoms with Crippen LogP contribution in [0.25, 0.3) is 11.1 Å². The predicted molar refractivity (Wildman–Crippen MR) is 93.0 cm³/mol. The highest BCUT2D eigenvalue weighted by Crippen LogP contribution is 2.25. The Kier molecular flexibility index (Phi) is 4.58. The Morgan fingerprint density at radius 2 is 1.91 bits per heavy atom. The Balaban J connectivity index is 1.78. The molecule has 0 saturated carbocycles. The van der Waals surface area contributed by atoms with Crippen molar-refractivity contribution in [1.29, 1.82) is 0 Å². The molecule has 3 aromatic rings. The standard InChI is InChI=1S/C20H22N2O/c1-15-6-4-8-20(16(15)2)18-10-17(11-21-12-18)13-22(3)14-19-7-5-9-23-19/h4-12H,13-14H2,1-3H3. The van der Waals surface area contributed by atoms with Crippen LogP contribution in [-0.2, 0) is 13.1 Å². The normalized spacial score (nSPS) is 11.1. The van der Waals surface area contributed by atoms with Gasteiger partial charge < -0.3 is 4.42 Å². The molecular formula is C20H22N2O. The van der Waals surface area contributed by atoms with E-state index in [1.54, 1.807) is 6.26 Å². The van der Waals surface area contributed by atoms with Crippen LogP contribution in [0, 0.1) is 13.8 Å². The Morgan fingerprint density at radius 1 is 1.04 bits per heavy atom. The quantitative estimate of drug-likeness (QED) is 0.690. The number of nitrogens with zero attached hydrogens (tertiary/aromatic N) is 2. The topological polar surface area (TPSA) is 29.3 Å². The molecule has 0 spiro atoms. The number of hydrogen-bond donors (Lipinski definition) is 0. The molecule has 23 heavy (non-hydrogen) atoms. The van der Waals surface area contributed by atoms with Crippen LogP contribution in [0.15, 0.2) is 59.5 Å². The summed E-state index contributed by atoms with van der Waals surface area (Å²) in [6, 6.07) is 12.6. The van der Waals surface area contributed by atoms with E-state index in [9.17, 15) is 0 Å². The lowest BCUT2D eigenvalue weighted by Crippen LogP contribution is -2.17. The Morgan fingerprint density at radius 3 is 2.70 bits per heavy atom. The maximum atomic E-state index is 5.41. The van der Waals surface area contributed by atoms with Crippen LogP contribution in [0.2, 0.25) is 0 Å². The van der Waals surface area contributed by atoms with Crippen molar-refractivity contribution in [2.45, 2.75) is 26.9 Å². The fourth-order valence-corrected chi connectivity index (χ4v) is 2.82. The van der Waals surface area contributed by atoms with Gasteiger partial charge in [0.15, 0.2) is 0 Å². The smallest absolute Gasteiger partial charge is 0.117 e. The van der Waals surface area contributed by atoms with E-state index < -0.39 is 0 Å². The minimum absolute atomic E-state index is 0.792. The summed E-state index contributed by atoms with van der Waals surface area (Å²) < 4.78 is 5.41. The van der Waals surface area contributed by atoms with Gasteiger partial charge in [-0.3, -0.25) is 9.88 Å². The number of aromatic nitrogens is 1. The van der Waals surface area contributed by atoms with Gasteiger partial charge in [0.1, 0.15) is 5.76 Å². The van der Waals surface area contributed by atoms with Crippen molar-refractivity contribution in [3.63, 3.8) is 0 Å². The second-order valence-corrected chi connectivity index (χ2v) is 6.08. The zero-order valence-corrected chi connectivity index (χ0v) is 13.9. The SMILES string of the molecule is Cc1cccc(-c2cncc(CN(C)Cc3ccco3)c2)c1C. The molecule has 1 aromatic carbocycles. The van der Waals surface area contributed by atoms with Crippen LogP contribution < -0.4 is 0 Å². The van der Waals surface area contributed by atoms with Crippen LogP contribution in [0.1, 0.15) is 22.5 Å². The van der Waals surface area contributed by atoms with Crippen molar-refractivity contribution < 1.29 is 4.42 Å². The number of pyridine rings is 1. The molecule has 0 aliphatic carbocycles. The van der Waals surface area contributed by atoms with Crippen LogP contribution >= 0.6 is 0 Å². The van der Waals surface area contributed by atoms with E-state index in [2.05, 4.69) is 55.0 Å². The molecule has 0 aliphatic rings. The zero-order chi connectivity index (χ0) is 16.2. The summed E-state index contributed by atoms with van der Waals surface area (Å²) in [7, 11) is 2.09. The highest BCUT2D eigenvalue weighted by atomic mass is 16.3. The third-order valence-electron chi connectivity index (χ3n) is 4.17. The Labute approximate surface area is 137 Å². The molecule has 0 fully saturated rings. The summed E-state index contributed by atoms with van der Waals surface area (Å²) in [5.41, 5.74) is 6.26. The molecule has 0 aliphatic heterocycles. The van der Waals surface area contributed by atoms with Gasteiger partial charge in [0.2, 0.25) is 0 Å². The number of rotatable bonds is 5. The van der Waals surface area contributed by atoms with Gasteiger partial charge >= 0.3 is 0 Å². The van der Waals surface area contributed by atoms with Crippen LogP contribution in [0.5, 0.6) is 0 Å². The third-order valence-corrected chi connectivity index (χ3v) is 4.17. The lowest BCUT2D eigenvalue weighted by atomic mass is 9.97. The fraction of sp³-hybridized carbons (Fsp3) is 0.250. The molecular weight excluding hydrogens is 284 g/mol. The maximum Gasteiger partial charge on any atom is 0.117 e. The minimum atomic E-state index is 0.792. The van der Waals surface area contributed by atoms with E-state index in [1.165, 1.54) is 27.8 Å². The van der Waals surface area contributed by atoms with Crippen LogP contribution in [0.4, 0.5) is 0 Å². The molecule has 2 heterocycles. The molecule has 0 unspecified atom stereocenters. The molecule has 0 radical (unpaired) electrons. The van der Waals surface area contributed by atoms with E-state index in [0.717, 1.165) is 18.8 Å². The Bertz CT molecular complexity index is 778. The molecule has 0 amide bonds. The van der Waals surface area contributed by atoms with Crippen molar-refractivity contribution in [1.82, 2.24) is 9.88 Å². The summed E-state index contributed by atoms with van der Waals surface area (Å²) in [5, 5.41) is 0. The number of hydrogen-bond acceptors (Lipinski definition) is 3. The monoisotopic (exact) mass is 306 g/mol.